The molecule has 5 heteroatoms. The molecular formula is C16H31NO2Si2. The van der Waals surface area contributed by atoms with Gasteiger partial charge in [-0.2, -0.15) is 0 Å². The zero-order chi connectivity index (χ0) is 16.6. The smallest absolute Gasteiger partial charge is 0.395 e. The van der Waals surface area contributed by atoms with Crippen LogP contribution in [0.25, 0.3) is 0 Å². The van der Waals surface area contributed by atoms with Gasteiger partial charge in [-0.05, 0) is 29.5 Å². The van der Waals surface area contributed by atoms with Gasteiger partial charge >= 0.3 is 8.72 Å². The molecule has 1 aromatic carbocycles. The van der Waals surface area contributed by atoms with Gasteiger partial charge in [0.2, 0.25) is 0 Å². The first-order valence-electron chi connectivity index (χ1n) is 7.75. The number of hydrogen-bond donors (Lipinski definition) is 2. The van der Waals surface area contributed by atoms with Gasteiger partial charge in [-0.3, -0.25) is 0 Å². The molecule has 0 amide bonds. The third-order valence-electron chi connectivity index (χ3n) is 3.66. The van der Waals surface area contributed by atoms with Crippen molar-refractivity contribution in [1.82, 2.24) is 0 Å². The van der Waals surface area contributed by atoms with Crippen LogP contribution in [0.1, 0.15) is 50.7 Å². The van der Waals surface area contributed by atoms with Gasteiger partial charge in [-0.15, -0.1) is 0 Å². The van der Waals surface area contributed by atoms with E-state index in [1.165, 1.54) is 11.1 Å². The molecule has 0 fully saturated rings. The van der Waals surface area contributed by atoms with Gasteiger partial charge in [0.15, 0.2) is 0 Å². The molecule has 21 heavy (non-hydrogen) atoms. The van der Waals surface area contributed by atoms with Gasteiger partial charge < -0.3 is 13.8 Å². The van der Waals surface area contributed by atoms with Gasteiger partial charge in [-0.1, -0.05) is 65.5 Å². The molecule has 0 atom stereocenters. The molecule has 1 rings (SSSR count). The average Bonchev–Trinajstić information content (AvgIpc) is 2.24. The van der Waals surface area contributed by atoms with Crippen LogP contribution in [0.4, 0.5) is 5.69 Å². The lowest BCUT2D eigenvalue weighted by Gasteiger charge is -2.44. The lowest BCUT2D eigenvalue weighted by molar-refractivity contribution is 0.373. The average molecular weight is 326 g/mol. The van der Waals surface area contributed by atoms with Crippen LogP contribution in [0.15, 0.2) is 18.2 Å². The molecule has 0 bridgehead atoms. The fourth-order valence-electron chi connectivity index (χ4n) is 2.95. The van der Waals surface area contributed by atoms with Crippen LogP contribution in [0, 0.1) is 0 Å². The number of para-hydroxylation sites is 1. The third kappa shape index (κ3) is 4.19. The molecule has 0 spiro atoms. The lowest BCUT2D eigenvalue weighted by Crippen LogP contribution is -2.64. The molecular weight excluding hydrogens is 294 g/mol. The number of benzene rings is 1. The number of rotatable bonds is 5. The van der Waals surface area contributed by atoms with E-state index >= 15 is 0 Å². The summed E-state index contributed by atoms with van der Waals surface area (Å²) in [4.78, 5) is 21.1. The van der Waals surface area contributed by atoms with Gasteiger partial charge in [0.25, 0.3) is 0 Å². The van der Waals surface area contributed by atoms with Crippen LogP contribution in [-0.2, 0) is 0 Å². The van der Waals surface area contributed by atoms with Gasteiger partial charge in [-0.25, -0.2) is 0 Å². The highest BCUT2D eigenvalue weighted by molar-refractivity contribution is 6.94. The molecule has 0 saturated heterocycles. The Kier molecular flexibility index (Phi) is 5.47. The summed E-state index contributed by atoms with van der Waals surface area (Å²) in [6, 6.07) is 6.34. The van der Waals surface area contributed by atoms with Crippen molar-refractivity contribution in [2.45, 2.75) is 65.7 Å². The Morgan fingerprint density at radius 3 is 1.48 bits per heavy atom. The highest BCUT2D eigenvalue weighted by Crippen LogP contribution is 2.39. The van der Waals surface area contributed by atoms with E-state index in [0.717, 1.165) is 5.69 Å². The summed E-state index contributed by atoms with van der Waals surface area (Å²) in [5.41, 5.74) is 3.50. The minimum atomic E-state index is -3.42. The molecule has 0 aliphatic carbocycles. The first-order valence-corrected chi connectivity index (χ1v) is 13.5. The molecule has 0 aliphatic rings. The second kappa shape index (κ2) is 6.24. The summed E-state index contributed by atoms with van der Waals surface area (Å²) in [6.45, 7) is 16.8. The van der Waals surface area contributed by atoms with Crippen LogP contribution in [-0.4, -0.2) is 26.5 Å². The van der Waals surface area contributed by atoms with Crippen LogP contribution >= 0.6 is 0 Å². The van der Waals surface area contributed by atoms with Gasteiger partial charge in [0, 0.05) is 5.69 Å². The Balaban J connectivity index is 3.71. The standard InChI is InChI=1S/C16H31NO2Si2/c1-12(2)14-10-9-11-15(13(3)4)16(14)17(20(5,6)7)21(8,18)19/h9-13,18-19H,1-8H3. The first-order chi connectivity index (χ1) is 9.37. The van der Waals surface area contributed by atoms with E-state index in [1.807, 2.05) is 4.23 Å². The first kappa shape index (κ1) is 18.4. The highest BCUT2D eigenvalue weighted by Gasteiger charge is 2.43. The van der Waals surface area contributed by atoms with Gasteiger partial charge in [0.05, 0.1) is 0 Å². The Bertz CT molecular complexity index is 448. The van der Waals surface area contributed by atoms with Crippen molar-refractivity contribution in [2.24, 2.45) is 0 Å². The summed E-state index contributed by atoms with van der Waals surface area (Å²) in [6.07, 6.45) is 0. The summed E-state index contributed by atoms with van der Waals surface area (Å²) < 4.78 is 2.00. The van der Waals surface area contributed by atoms with Gasteiger partial charge in [0.1, 0.15) is 8.24 Å². The summed E-state index contributed by atoms with van der Waals surface area (Å²) >= 11 is 0. The van der Waals surface area contributed by atoms with E-state index in [0.29, 0.717) is 11.8 Å². The predicted molar refractivity (Wildman–Crippen MR) is 96.5 cm³/mol. The Hall–Kier alpha value is -0.626. The fourth-order valence-corrected chi connectivity index (χ4v) is 9.65. The van der Waals surface area contributed by atoms with Crippen molar-refractivity contribution in [3.63, 3.8) is 0 Å². The summed E-state index contributed by atoms with van der Waals surface area (Å²) in [5, 5.41) is 0. The van der Waals surface area contributed by atoms with E-state index in [1.54, 1.807) is 6.55 Å². The SMILES string of the molecule is CC(C)c1cccc(C(C)C)c1N([Si](C)(C)C)[Si](C)(O)O. The van der Waals surface area contributed by atoms with Crippen LogP contribution in [0.3, 0.4) is 0 Å². The quantitative estimate of drug-likeness (QED) is 0.800. The topological polar surface area (TPSA) is 43.7 Å². The number of anilines is 1. The largest absolute Gasteiger partial charge is 0.442 e. The second-order valence-electron chi connectivity index (χ2n) is 7.57. The molecule has 0 heterocycles. The summed E-state index contributed by atoms with van der Waals surface area (Å²) in [7, 11) is -5.34. The monoisotopic (exact) mass is 325 g/mol. The van der Waals surface area contributed by atoms with Crippen LogP contribution in [0.5, 0.6) is 0 Å². The molecule has 1 aromatic rings. The fraction of sp³-hybridized carbons (Fsp3) is 0.625. The van der Waals surface area contributed by atoms with E-state index in [4.69, 9.17) is 0 Å². The molecule has 0 aromatic heterocycles. The van der Waals surface area contributed by atoms with Crippen molar-refractivity contribution in [1.29, 1.82) is 0 Å². The number of hydrogen-bond acceptors (Lipinski definition) is 3. The Morgan fingerprint density at radius 1 is 0.857 bits per heavy atom. The second-order valence-corrected chi connectivity index (χ2v) is 15.2. The third-order valence-corrected chi connectivity index (χ3v) is 9.58. The van der Waals surface area contributed by atoms with Crippen molar-refractivity contribution in [3.05, 3.63) is 29.3 Å². The van der Waals surface area contributed by atoms with Crippen molar-refractivity contribution in [3.8, 4) is 0 Å². The minimum absolute atomic E-state index is 0.355. The zero-order valence-corrected chi connectivity index (χ0v) is 16.7. The maximum atomic E-state index is 10.5. The van der Waals surface area contributed by atoms with E-state index in [2.05, 4.69) is 65.5 Å². The predicted octanol–water partition coefficient (Wildman–Crippen LogP) is 4.13. The van der Waals surface area contributed by atoms with Crippen molar-refractivity contribution >= 4 is 22.6 Å². The molecule has 0 saturated carbocycles. The molecule has 120 valence electrons. The molecule has 0 unspecified atom stereocenters. The highest BCUT2D eigenvalue weighted by atomic mass is 28.4. The molecule has 0 radical (unpaired) electrons. The van der Waals surface area contributed by atoms with Crippen LogP contribution < -0.4 is 4.23 Å². The molecule has 2 N–H and O–H groups in total. The lowest BCUT2D eigenvalue weighted by atomic mass is 9.93. The normalized spacial score (nSPS) is 13.1. The van der Waals surface area contributed by atoms with E-state index < -0.39 is 17.0 Å². The van der Waals surface area contributed by atoms with Crippen LogP contribution in [0.2, 0.25) is 26.2 Å². The number of nitrogens with zero attached hydrogens (tertiary/aromatic N) is 1. The Labute approximate surface area is 132 Å². The van der Waals surface area contributed by atoms with Crippen molar-refractivity contribution in [2.75, 3.05) is 4.23 Å². The zero-order valence-electron chi connectivity index (χ0n) is 14.7. The summed E-state index contributed by atoms with van der Waals surface area (Å²) in [5.74, 6) is 0.711. The molecule has 0 aliphatic heterocycles. The molecule has 3 nitrogen and oxygen atoms in total. The van der Waals surface area contributed by atoms with E-state index in [-0.39, 0.29) is 0 Å². The maximum absolute atomic E-state index is 10.5. The Morgan fingerprint density at radius 2 is 1.24 bits per heavy atom. The maximum Gasteiger partial charge on any atom is 0.442 e. The van der Waals surface area contributed by atoms with E-state index in [9.17, 15) is 9.59 Å². The minimum Gasteiger partial charge on any atom is -0.395 e. The van der Waals surface area contributed by atoms with Crippen molar-refractivity contribution < 1.29 is 9.59 Å².